The summed E-state index contributed by atoms with van der Waals surface area (Å²) in [6, 6.07) is 16.9. The van der Waals surface area contributed by atoms with Gasteiger partial charge in [-0.15, -0.1) is 0 Å². The fraction of sp³-hybridized carbons (Fsp3) is 0.192. The number of fused-ring (bicyclic) bond motifs is 1. The van der Waals surface area contributed by atoms with Crippen molar-refractivity contribution in [2.75, 3.05) is 19.5 Å². The number of anilines is 1. The Labute approximate surface area is 196 Å². The lowest BCUT2D eigenvalue weighted by Gasteiger charge is -2.21. The standard InChI is InChI=1S/C26H24FN3O4/c1-4-21(26(32)29-20-15-18(33-2)12-13-23(20)34-3)30-22-11-6-5-10-19(22)28-25(30)24(31)16-8-7-9-17(27)14-16/h5-15,21H,4H2,1-3H3,(H,29,32)/t21-/m0/s1. The highest BCUT2D eigenvalue weighted by Crippen LogP contribution is 2.31. The Bertz CT molecular complexity index is 1370. The normalized spacial score (nSPS) is 11.8. The van der Waals surface area contributed by atoms with Crippen molar-refractivity contribution in [3.63, 3.8) is 0 Å². The first kappa shape index (κ1) is 23.0. The van der Waals surface area contributed by atoms with E-state index in [4.69, 9.17) is 9.47 Å². The number of amides is 1. The zero-order chi connectivity index (χ0) is 24.2. The largest absolute Gasteiger partial charge is 0.497 e. The maximum atomic E-state index is 13.8. The Balaban J connectivity index is 1.79. The van der Waals surface area contributed by atoms with Crippen LogP contribution in [-0.4, -0.2) is 35.5 Å². The van der Waals surface area contributed by atoms with Crippen LogP contribution in [0, 0.1) is 5.82 Å². The molecule has 8 heteroatoms. The van der Waals surface area contributed by atoms with E-state index in [1.165, 1.54) is 32.4 Å². The zero-order valence-corrected chi connectivity index (χ0v) is 19.0. The van der Waals surface area contributed by atoms with E-state index in [2.05, 4.69) is 10.3 Å². The molecular weight excluding hydrogens is 437 g/mol. The van der Waals surface area contributed by atoms with Crippen molar-refractivity contribution < 1.29 is 23.5 Å². The van der Waals surface area contributed by atoms with Gasteiger partial charge in [-0.25, -0.2) is 9.37 Å². The van der Waals surface area contributed by atoms with Gasteiger partial charge in [-0.2, -0.15) is 0 Å². The molecule has 0 fully saturated rings. The number of hydrogen-bond acceptors (Lipinski definition) is 5. The number of para-hydroxylation sites is 2. The fourth-order valence-electron chi connectivity index (χ4n) is 3.89. The Morgan fingerprint density at radius 1 is 1.03 bits per heavy atom. The molecule has 1 atom stereocenters. The number of aromatic nitrogens is 2. The van der Waals surface area contributed by atoms with Gasteiger partial charge in [0.05, 0.1) is 30.9 Å². The van der Waals surface area contributed by atoms with Crippen LogP contribution in [0.25, 0.3) is 11.0 Å². The van der Waals surface area contributed by atoms with Gasteiger partial charge in [0.1, 0.15) is 23.4 Å². The highest BCUT2D eigenvalue weighted by atomic mass is 19.1. The molecule has 174 valence electrons. The van der Waals surface area contributed by atoms with Gasteiger partial charge in [-0.3, -0.25) is 9.59 Å². The molecule has 3 aromatic carbocycles. The van der Waals surface area contributed by atoms with Crippen LogP contribution in [0.2, 0.25) is 0 Å². The first-order valence-electron chi connectivity index (χ1n) is 10.8. The van der Waals surface area contributed by atoms with Gasteiger partial charge in [0.15, 0.2) is 5.82 Å². The second-order valence-corrected chi connectivity index (χ2v) is 7.61. The number of imidazole rings is 1. The third-order valence-corrected chi connectivity index (χ3v) is 5.55. The first-order chi connectivity index (χ1) is 16.5. The number of rotatable bonds is 8. The molecule has 7 nitrogen and oxygen atoms in total. The predicted octanol–water partition coefficient (Wildman–Crippen LogP) is 5.01. The highest BCUT2D eigenvalue weighted by molar-refractivity contribution is 6.09. The number of benzene rings is 3. The molecule has 0 aliphatic rings. The van der Waals surface area contributed by atoms with Gasteiger partial charge in [0.25, 0.3) is 0 Å². The molecule has 0 saturated heterocycles. The van der Waals surface area contributed by atoms with Crippen LogP contribution in [-0.2, 0) is 4.79 Å². The molecule has 0 aliphatic heterocycles. The van der Waals surface area contributed by atoms with Crippen LogP contribution in [0.4, 0.5) is 10.1 Å². The van der Waals surface area contributed by atoms with E-state index in [0.717, 1.165) is 6.07 Å². The molecule has 4 rings (SSSR count). The highest BCUT2D eigenvalue weighted by Gasteiger charge is 2.28. The maximum absolute atomic E-state index is 13.8. The Morgan fingerprint density at radius 3 is 2.53 bits per heavy atom. The second kappa shape index (κ2) is 9.74. The molecule has 0 spiro atoms. The Hall–Kier alpha value is -4.20. The number of hydrogen-bond donors (Lipinski definition) is 1. The first-order valence-corrected chi connectivity index (χ1v) is 10.8. The fourth-order valence-corrected chi connectivity index (χ4v) is 3.89. The number of ether oxygens (including phenoxy) is 2. The molecular formula is C26H24FN3O4. The summed E-state index contributed by atoms with van der Waals surface area (Å²) in [5, 5.41) is 2.89. The van der Waals surface area contributed by atoms with Gasteiger partial charge < -0.3 is 19.4 Å². The van der Waals surface area contributed by atoms with E-state index in [1.807, 2.05) is 13.0 Å². The summed E-state index contributed by atoms with van der Waals surface area (Å²) in [7, 11) is 3.04. The van der Waals surface area contributed by atoms with Gasteiger partial charge in [0, 0.05) is 11.6 Å². The molecule has 0 unspecified atom stereocenters. The van der Waals surface area contributed by atoms with Crippen LogP contribution in [0.3, 0.4) is 0 Å². The van der Waals surface area contributed by atoms with Crippen molar-refractivity contribution in [2.45, 2.75) is 19.4 Å². The molecule has 1 aromatic heterocycles. The van der Waals surface area contributed by atoms with Gasteiger partial charge in [0.2, 0.25) is 11.7 Å². The maximum Gasteiger partial charge on any atom is 0.247 e. The van der Waals surface area contributed by atoms with E-state index in [0.29, 0.717) is 34.6 Å². The quantitative estimate of drug-likeness (QED) is 0.373. The van der Waals surface area contributed by atoms with Crippen molar-refractivity contribution in [3.8, 4) is 11.5 Å². The van der Waals surface area contributed by atoms with Crippen LogP contribution in [0.1, 0.15) is 35.6 Å². The topological polar surface area (TPSA) is 82.5 Å². The minimum absolute atomic E-state index is 0.0615. The van der Waals surface area contributed by atoms with E-state index in [1.54, 1.807) is 41.0 Å². The molecule has 1 heterocycles. The number of nitrogens with zero attached hydrogens (tertiary/aromatic N) is 2. The average Bonchev–Trinajstić information content (AvgIpc) is 3.23. The van der Waals surface area contributed by atoms with Gasteiger partial charge in [-0.1, -0.05) is 31.2 Å². The summed E-state index contributed by atoms with van der Waals surface area (Å²) < 4.78 is 26.1. The smallest absolute Gasteiger partial charge is 0.247 e. The van der Waals surface area contributed by atoms with E-state index < -0.39 is 17.6 Å². The minimum atomic E-state index is -0.768. The van der Waals surface area contributed by atoms with Crippen molar-refractivity contribution >= 4 is 28.4 Å². The van der Waals surface area contributed by atoms with Crippen LogP contribution >= 0.6 is 0 Å². The Kier molecular flexibility index (Phi) is 6.58. The van der Waals surface area contributed by atoms with E-state index in [-0.39, 0.29) is 17.3 Å². The molecule has 0 saturated carbocycles. The van der Waals surface area contributed by atoms with Crippen LogP contribution < -0.4 is 14.8 Å². The molecule has 1 amide bonds. The van der Waals surface area contributed by atoms with Crippen molar-refractivity contribution in [1.82, 2.24) is 9.55 Å². The monoisotopic (exact) mass is 461 g/mol. The number of halogens is 1. The SMILES string of the molecule is CC[C@@H](C(=O)Nc1cc(OC)ccc1OC)n1c(C(=O)c2cccc(F)c2)nc2ccccc21. The van der Waals surface area contributed by atoms with Crippen molar-refractivity contribution in [3.05, 3.63) is 83.9 Å². The van der Waals surface area contributed by atoms with Crippen molar-refractivity contribution in [2.24, 2.45) is 0 Å². The minimum Gasteiger partial charge on any atom is -0.497 e. The lowest BCUT2D eigenvalue weighted by molar-refractivity contribution is -0.119. The van der Waals surface area contributed by atoms with Crippen LogP contribution in [0.15, 0.2) is 66.7 Å². The number of carbonyl (C=O) groups excluding carboxylic acids is 2. The molecule has 0 aliphatic carbocycles. The average molecular weight is 461 g/mol. The molecule has 0 radical (unpaired) electrons. The summed E-state index contributed by atoms with van der Waals surface area (Å²) >= 11 is 0. The summed E-state index contributed by atoms with van der Waals surface area (Å²) in [4.78, 5) is 31.4. The van der Waals surface area contributed by atoms with Crippen molar-refractivity contribution in [1.29, 1.82) is 0 Å². The third-order valence-electron chi connectivity index (χ3n) is 5.55. The lowest BCUT2D eigenvalue weighted by atomic mass is 10.1. The summed E-state index contributed by atoms with van der Waals surface area (Å²) in [6.07, 6.45) is 0.377. The summed E-state index contributed by atoms with van der Waals surface area (Å²) in [6.45, 7) is 1.85. The molecule has 34 heavy (non-hydrogen) atoms. The third kappa shape index (κ3) is 4.34. The zero-order valence-electron chi connectivity index (χ0n) is 19.0. The number of nitrogens with one attached hydrogen (secondary N) is 1. The van der Waals surface area contributed by atoms with Gasteiger partial charge >= 0.3 is 0 Å². The molecule has 0 bridgehead atoms. The van der Waals surface area contributed by atoms with E-state index in [9.17, 15) is 14.0 Å². The molecule has 4 aromatic rings. The lowest BCUT2D eigenvalue weighted by Crippen LogP contribution is -2.28. The number of ketones is 1. The summed E-state index contributed by atoms with van der Waals surface area (Å²) in [5.74, 6) is -0.268. The van der Waals surface area contributed by atoms with Crippen LogP contribution in [0.5, 0.6) is 11.5 Å². The number of methoxy groups -OCH3 is 2. The summed E-state index contributed by atoms with van der Waals surface area (Å²) in [5.41, 5.74) is 1.78. The second-order valence-electron chi connectivity index (χ2n) is 7.61. The van der Waals surface area contributed by atoms with Gasteiger partial charge in [-0.05, 0) is 42.8 Å². The number of carbonyl (C=O) groups is 2. The molecule has 1 N–H and O–H groups in total. The van der Waals surface area contributed by atoms with E-state index >= 15 is 0 Å². The predicted molar refractivity (Wildman–Crippen MR) is 127 cm³/mol. The Morgan fingerprint density at radius 2 is 1.82 bits per heavy atom.